The predicted molar refractivity (Wildman–Crippen MR) is 98.6 cm³/mol. The van der Waals surface area contributed by atoms with Gasteiger partial charge in [-0.3, -0.25) is 4.79 Å². The summed E-state index contributed by atoms with van der Waals surface area (Å²) in [7, 11) is 0. The zero-order valence-corrected chi connectivity index (χ0v) is 13.5. The molecule has 1 N–H and O–H groups in total. The third-order valence-corrected chi connectivity index (χ3v) is 3.98. The molecule has 0 radical (unpaired) electrons. The van der Waals surface area contributed by atoms with Crippen LogP contribution in [0.2, 0.25) is 0 Å². The summed E-state index contributed by atoms with van der Waals surface area (Å²) in [6.07, 6.45) is 0. The number of aromatic amines is 1. The molecule has 0 atom stereocenters. The van der Waals surface area contributed by atoms with Gasteiger partial charge in [-0.2, -0.15) is 0 Å². The van der Waals surface area contributed by atoms with Crippen LogP contribution < -0.4 is 10.3 Å². The van der Waals surface area contributed by atoms with Crippen molar-refractivity contribution in [3.8, 4) is 16.9 Å². The van der Waals surface area contributed by atoms with Crippen molar-refractivity contribution in [2.24, 2.45) is 0 Å². The molecule has 0 aliphatic heterocycles. The average Bonchev–Trinajstić information content (AvgIpc) is 2.68. The van der Waals surface area contributed by atoms with Gasteiger partial charge in [0.2, 0.25) is 0 Å². The summed E-state index contributed by atoms with van der Waals surface area (Å²) >= 11 is 0. The first-order valence-corrected chi connectivity index (χ1v) is 8.06. The van der Waals surface area contributed by atoms with Crippen molar-refractivity contribution in [3.05, 3.63) is 95.0 Å². The van der Waals surface area contributed by atoms with E-state index < -0.39 is 0 Å². The summed E-state index contributed by atoms with van der Waals surface area (Å²) in [4.78, 5) is 19.8. The Morgan fingerprint density at radius 1 is 0.840 bits per heavy atom. The Labute approximate surface area is 144 Å². The number of aromatic nitrogens is 2. The molecule has 4 aromatic rings. The van der Waals surface area contributed by atoms with Gasteiger partial charge in [0, 0.05) is 0 Å². The van der Waals surface area contributed by atoms with Crippen LogP contribution in [0.1, 0.15) is 5.82 Å². The van der Waals surface area contributed by atoms with Crippen LogP contribution >= 0.6 is 0 Å². The van der Waals surface area contributed by atoms with Gasteiger partial charge in [0.1, 0.15) is 18.2 Å². The molecule has 1 heterocycles. The molecule has 0 amide bonds. The van der Waals surface area contributed by atoms with Gasteiger partial charge in [0.15, 0.2) is 0 Å². The molecule has 0 unspecified atom stereocenters. The highest BCUT2D eigenvalue weighted by molar-refractivity contribution is 5.83. The van der Waals surface area contributed by atoms with E-state index in [1.165, 1.54) is 0 Å². The maximum atomic E-state index is 12.4. The van der Waals surface area contributed by atoms with Crippen LogP contribution in [0.3, 0.4) is 0 Å². The lowest BCUT2D eigenvalue weighted by molar-refractivity contribution is 0.296. The van der Waals surface area contributed by atoms with Crippen molar-refractivity contribution in [1.82, 2.24) is 9.97 Å². The van der Waals surface area contributed by atoms with E-state index in [1.54, 1.807) is 0 Å². The molecule has 0 saturated carbocycles. The van der Waals surface area contributed by atoms with Crippen LogP contribution in [0.25, 0.3) is 22.0 Å². The van der Waals surface area contributed by atoms with Gasteiger partial charge in [-0.1, -0.05) is 54.6 Å². The summed E-state index contributed by atoms with van der Waals surface area (Å²) in [6, 6.07) is 25.1. The van der Waals surface area contributed by atoms with Crippen molar-refractivity contribution in [2.75, 3.05) is 0 Å². The Bertz CT molecular complexity index is 1060. The van der Waals surface area contributed by atoms with E-state index in [0.717, 1.165) is 16.9 Å². The van der Waals surface area contributed by atoms with Crippen LogP contribution in [0.4, 0.5) is 0 Å². The lowest BCUT2D eigenvalue weighted by Crippen LogP contribution is -2.13. The number of hydrogen-bond acceptors (Lipinski definition) is 3. The average molecular weight is 328 g/mol. The normalized spacial score (nSPS) is 10.7. The number of ether oxygens (including phenoxy) is 1. The van der Waals surface area contributed by atoms with E-state index in [4.69, 9.17) is 4.74 Å². The van der Waals surface area contributed by atoms with Gasteiger partial charge < -0.3 is 9.72 Å². The quantitative estimate of drug-likeness (QED) is 0.612. The highest BCUT2D eigenvalue weighted by Crippen LogP contribution is 2.22. The monoisotopic (exact) mass is 328 g/mol. The van der Waals surface area contributed by atoms with Gasteiger partial charge in [-0.15, -0.1) is 0 Å². The fourth-order valence-electron chi connectivity index (χ4n) is 2.73. The van der Waals surface area contributed by atoms with Gasteiger partial charge in [0.05, 0.1) is 10.9 Å². The zero-order chi connectivity index (χ0) is 17.1. The number of hydrogen-bond donors (Lipinski definition) is 1. The minimum Gasteiger partial charge on any atom is -0.486 e. The largest absolute Gasteiger partial charge is 0.486 e. The molecule has 0 bridgehead atoms. The number of nitrogens with zero attached hydrogens (tertiary/aromatic N) is 1. The maximum absolute atomic E-state index is 12.4. The van der Waals surface area contributed by atoms with E-state index >= 15 is 0 Å². The SMILES string of the molecule is O=c1[nH]c(COc2ccccc2)nc2ccc(-c3ccccc3)cc12. The number of H-pyrrole nitrogens is 1. The molecule has 25 heavy (non-hydrogen) atoms. The van der Waals surface area contributed by atoms with Crippen molar-refractivity contribution >= 4 is 10.9 Å². The first kappa shape index (κ1) is 15.1. The van der Waals surface area contributed by atoms with Gasteiger partial charge in [-0.25, -0.2) is 4.98 Å². The van der Waals surface area contributed by atoms with Crippen LogP contribution in [0.5, 0.6) is 5.75 Å². The molecular weight excluding hydrogens is 312 g/mol. The number of fused-ring (bicyclic) bond motifs is 1. The predicted octanol–water partition coefficient (Wildman–Crippen LogP) is 4.17. The number of para-hydroxylation sites is 1. The van der Waals surface area contributed by atoms with E-state index in [1.807, 2.05) is 78.9 Å². The topological polar surface area (TPSA) is 55.0 Å². The third kappa shape index (κ3) is 3.28. The highest BCUT2D eigenvalue weighted by Gasteiger charge is 2.07. The van der Waals surface area contributed by atoms with Crippen molar-refractivity contribution in [2.45, 2.75) is 6.61 Å². The first-order chi connectivity index (χ1) is 12.3. The summed E-state index contributed by atoms with van der Waals surface area (Å²) in [6.45, 7) is 0.218. The summed E-state index contributed by atoms with van der Waals surface area (Å²) in [5.74, 6) is 1.25. The van der Waals surface area contributed by atoms with Crippen LogP contribution in [0.15, 0.2) is 83.7 Å². The molecule has 3 aromatic carbocycles. The molecule has 0 fully saturated rings. The van der Waals surface area contributed by atoms with Crippen molar-refractivity contribution < 1.29 is 4.74 Å². The van der Waals surface area contributed by atoms with Crippen LogP contribution in [-0.2, 0) is 6.61 Å². The Morgan fingerprint density at radius 3 is 2.32 bits per heavy atom. The standard InChI is InChI=1S/C21H16N2O2/c24-21-18-13-16(15-7-3-1-4-8-15)11-12-19(18)22-20(23-21)14-25-17-9-5-2-6-10-17/h1-13H,14H2,(H,22,23,24). The van der Waals surface area contributed by atoms with Gasteiger partial charge >= 0.3 is 0 Å². The van der Waals surface area contributed by atoms with Crippen LogP contribution in [-0.4, -0.2) is 9.97 Å². The fourth-order valence-corrected chi connectivity index (χ4v) is 2.73. The summed E-state index contributed by atoms with van der Waals surface area (Å²) < 4.78 is 5.66. The van der Waals surface area contributed by atoms with Crippen molar-refractivity contribution in [3.63, 3.8) is 0 Å². The van der Waals surface area contributed by atoms with Crippen molar-refractivity contribution in [1.29, 1.82) is 0 Å². The van der Waals surface area contributed by atoms with Gasteiger partial charge in [0.25, 0.3) is 5.56 Å². The van der Waals surface area contributed by atoms with Gasteiger partial charge in [-0.05, 0) is 35.4 Å². The maximum Gasteiger partial charge on any atom is 0.258 e. The minimum absolute atomic E-state index is 0.158. The number of nitrogens with one attached hydrogen (secondary N) is 1. The fraction of sp³-hybridized carbons (Fsp3) is 0.0476. The Balaban J connectivity index is 1.65. The molecule has 0 aliphatic carbocycles. The first-order valence-electron chi connectivity index (χ1n) is 8.06. The second kappa shape index (κ2) is 6.61. The lowest BCUT2D eigenvalue weighted by Gasteiger charge is -2.07. The summed E-state index contributed by atoms with van der Waals surface area (Å²) in [5.41, 5.74) is 2.57. The second-order valence-corrected chi connectivity index (χ2v) is 5.71. The molecule has 122 valence electrons. The Hall–Kier alpha value is -3.40. The Morgan fingerprint density at radius 2 is 1.56 bits per heavy atom. The molecule has 4 rings (SSSR count). The molecule has 4 nitrogen and oxygen atoms in total. The molecular formula is C21H16N2O2. The van der Waals surface area contributed by atoms with E-state index in [-0.39, 0.29) is 12.2 Å². The molecule has 0 spiro atoms. The molecule has 0 saturated heterocycles. The summed E-state index contributed by atoms with van der Waals surface area (Å²) in [5, 5.41) is 0.574. The van der Waals surface area contributed by atoms with E-state index in [2.05, 4.69) is 9.97 Å². The highest BCUT2D eigenvalue weighted by atomic mass is 16.5. The Kier molecular flexibility index (Phi) is 4.01. The molecule has 1 aromatic heterocycles. The number of benzene rings is 3. The molecule has 0 aliphatic rings. The lowest BCUT2D eigenvalue weighted by atomic mass is 10.0. The third-order valence-electron chi connectivity index (χ3n) is 3.98. The van der Waals surface area contributed by atoms with E-state index in [9.17, 15) is 4.79 Å². The molecule has 4 heteroatoms. The minimum atomic E-state index is -0.158. The second-order valence-electron chi connectivity index (χ2n) is 5.71. The smallest absolute Gasteiger partial charge is 0.258 e. The number of rotatable bonds is 4. The van der Waals surface area contributed by atoms with E-state index in [0.29, 0.717) is 16.7 Å². The van der Waals surface area contributed by atoms with Crippen LogP contribution in [0, 0.1) is 0 Å². The zero-order valence-electron chi connectivity index (χ0n) is 13.5.